The number of benzene rings is 3. The van der Waals surface area contributed by atoms with Crippen LogP contribution in [0.4, 0.5) is 5.69 Å². The summed E-state index contributed by atoms with van der Waals surface area (Å²) in [5.41, 5.74) is 5.21. The summed E-state index contributed by atoms with van der Waals surface area (Å²) in [5.74, 6) is -0.876. The Hall–Kier alpha value is -3.19. The molecule has 3 aromatic carbocycles. The third kappa shape index (κ3) is 6.90. The van der Waals surface area contributed by atoms with E-state index in [1.54, 1.807) is 0 Å². The summed E-state index contributed by atoms with van der Waals surface area (Å²) in [6.45, 7) is 1.68. The SMILES string of the molecule is O=C(O)CN(Cc1nc(-c2ccc(NCCc3ccccc3)cc2)cs1)Cc1ccccc1Cl. The first-order valence-electron chi connectivity index (χ1n) is 11.1. The summed E-state index contributed by atoms with van der Waals surface area (Å²) >= 11 is 7.81. The van der Waals surface area contributed by atoms with Crippen LogP contribution in [0.5, 0.6) is 0 Å². The summed E-state index contributed by atoms with van der Waals surface area (Å²) in [6, 6.07) is 26.2. The van der Waals surface area contributed by atoms with Crippen LogP contribution >= 0.6 is 22.9 Å². The topological polar surface area (TPSA) is 65.5 Å². The van der Waals surface area contributed by atoms with Crippen LogP contribution in [-0.4, -0.2) is 34.0 Å². The number of hydrogen-bond donors (Lipinski definition) is 2. The zero-order chi connectivity index (χ0) is 23.8. The molecule has 0 radical (unpaired) electrons. The number of anilines is 1. The standard InChI is InChI=1S/C27H26ClN3O2S/c28-24-9-5-4-8-22(24)16-31(18-27(32)33)17-26-30-25(19-34-26)21-10-12-23(13-11-21)29-15-14-20-6-2-1-3-7-20/h1-13,19,29H,14-18H2,(H,32,33). The number of halogens is 1. The van der Waals surface area contributed by atoms with Crippen molar-refractivity contribution in [2.75, 3.05) is 18.4 Å². The van der Waals surface area contributed by atoms with Gasteiger partial charge in [-0.3, -0.25) is 9.69 Å². The second kappa shape index (κ2) is 11.8. The molecule has 0 fully saturated rings. The Bertz CT molecular complexity index is 1210. The number of rotatable bonds is 11. The van der Waals surface area contributed by atoms with E-state index in [9.17, 15) is 9.90 Å². The molecule has 0 aliphatic carbocycles. The molecule has 0 aliphatic rings. The highest BCUT2D eigenvalue weighted by molar-refractivity contribution is 7.09. The number of aromatic nitrogens is 1. The molecule has 4 rings (SSSR count). The van der Waals surface area contributed by atoms with Gasteiger partial charge in [0, 0.05) is 34.7 Å². The molecule has 0 amide bonds. The number of hydrogen-bond acceptors (Lipinski definition) is 5. The minimum Gasteiger partial charge on any atom is -0.480 e. The molecule has 1 aromatic heterocycles. The fourth-order valence-electron chi connectivity index (χ4n) is 3.69. The largest absolute Gasteiger partial charge is 0.480 e. The van der Waals surface area contributed by atoms with Crippen LogP contribution in [0.25, 0.3) is 11.3 Å². The van der Waals surface area contributed by atoms with Gasteiger partial charge in [0.05, 0.1) is 18.8 Å². The summed E-state index contributed by atoms with van der Waals surface area (Å²) in [6.07, 6.45) is 0.971. The van der Waals surface area contributed by atoms with Crippen LogP contribution in [-0.2, 0) is 24.3 Å². The average Bonchev–Trinajstić information content (AvgIpc) is 3.30. The number of nitrogens with zero attached hydrogens (tertiary/aromatic N) is 2. The van der Waals surface area contributed by atoms with Crippen molar-refractivity contribution in [2.24, 2.45) is 0 Å². The van der Waals surface area contributed by atoms with Crippen molar-refractivity contribution >= 4 is 34.6 Å². The molecule has 7 heteroatoms. The van der Waals surface area contributed by atoms with Gasteiger partial charge >= 0.3 is 5.97 Å². The molecule has 0 bridgehead atoms. The van der Waals surface area contributed by atoms with Crippen molar-refractivity contribution in [3.05, 3.63) is 105 Å². The second-order valence-electron chi connectivity index (χ2n) is 8.00. The first-order chi connectivity index (χ1) is 16.6. The van der Waals surface area contributed by atoms with Gasteiger partial charge in [0.2, 0.25) is 0 Å². The Morgan fingerprint density at radius 2 is 1.71 bits per heavy atom. The van der Waals surface area contributed by atoms with Gasteiger partial charge < -0.3 is 10.4 Å². The number of thiazole rings is 1. The van der Waals surface area contributed by atoms with Gasteiger partial charge in [0.25, 0.3) is 0 Å². The molecule has 174 valence electrons. The number of aliphatic carboxylic acids is 1. The Balaban J connectivity index is 1.36. The molecule has 0 atom stereocenters. The zero-order valence-electron chi connectivity index (χ0n) is 18.7. The Kier molecular flexibility index (Phi) is 8.31. The van der Waals surface area contributed by atoms with Crippen LogP contribution in [0.1, 0.15) is 16.1 Å². The van der Waals surface area contributed by atoms with Crippen LogP contribution in [0, 0.1) is 0 Å². The molecule has 34 heavy (non-hydrogen) atoms. The van der Waals surface area contributed by atoms with Gasteiger partial charge in [-0.25, -0.2) is 4.98 Å². The van der Waals surface area contributed by atoms with E-state index in [1.165, 1.54) is 16.9 Å². The Labute approximate surface area is 208 Å². The molecule has 1 heterocycles. The smallest absolute Gasteiger partial charge is 0.317 e. The molecular formula is C27H26ClN3O2S. The molecular weight excluding hydrogens is 466 g/mol. The van der Waals surface area contributed by atoms with E-state index in [0.29, 0.717) is 18.1 Å². The van der Waals surface area contributed by atoms with E-state index >= 15 is 0 Å². The van der Waals surface area contributed by atoms with Gasteiger partial charge in [-0.1, -0.05) is 72.3 Å². The second-order valence-corrected chi connectivity index (χ2v) is 9.35. The predicted octanol–water partition coefficient (Wildman–Crippen LogP) is 6.20. The maximum Gasteiger partial charge on any atom is 0.317 e. The lowest BCUT2D eigenvalue weighted by atomic mass is 10.1. The lowest BCUT2D eigenvalue weighted by Gasteiger charge is -2.19. The Morgan fingerprint density at radius 3 is 2.44 bits per heavy atom. The number of nitrogens with one attached hydrogen (secondary N) is 1. The van der Waals surface area contributed by atoms with E-state index in [1.807, 2.05) is 40.6 Å². The highest BCUT2D eigenvalue weighted by Gasteiger charge is 2.15. The third-order valence-electron chi connectivity index (χ3n) is 5.39. The van der Waals surface area contributed by atoms with Crippen LogP contribution in [0.3, 0.4) is 0 Å². The average molecular weight is 492 g/mol. The monoisotopic (exact) mass is 491 g/mol. The third-order valence-corrected chi connectivity index (χ3v) is 6.59. The van der Waals surface area contributed by atoms with Gasteiger partial charge in [-0.05, 0) is 35.7 Å². The fraction of sp³-hybridized carbons (Fsp3) is 0.185. The minimum atomic E-state index is -0.876. The zero-order valence-corrected chi connectivity index (χ0v) is 20.2. The first kappa shape index (κ1) is 24.0. The van der Waals surface area contributed by atoms with Gasteiger partial charge in [0.1, 0.15) is 5.01 Å². The minimum absolute atomic E-state index is 0.0799. The molecule has 0 saturated heterocycles. The van der Waals surface area contributed by atoms with E-state index in [-0.39, 0.29) is 6.54 Å². The van der Waals surface area contributed by atoms with E-state index < -0.39 is 5.97 Å². The van der Waals surface area contributed by atoms with Crippen molar-refractivity contribution in [2.45, 2.75) is 19.5 Å². The Morgan fingerprint density at radius 1 is 0.971 bits per heavy atom. The van der Waals surface area contributed by atoms with Crippen LogP contribution < -0.4 is 5.32 Å². The normalized spacial score (nSPS) is 11.0. The number of carbonyl (C=O) groups is 1. The quantitative estimate of drug-likeness (QED) is 0.261. The van der Waals surface area contributed by atoms with Crippen molar-refractivity contribution in [3.8, 4) is 11.3 Å². The van der Waals surface area contributed by atoms with Crippen LogP contribution in [0.15, 0.2) is 84.2 Å². The molecule has 0 saturated carbocycles. The number of carboxylic acids is 1. The number of carboxylic acid groups (broad SMARTS) is 1. The summed E-state index contributed by atoms with van der Waals surface area (Å²) in [7, 11) is 0. The molecule has 0 aliphatic heterocycles. The van der Waals surface area contributed by atoms with Gasteiger partial charge in [0.15, 0.2) is 0 Å². The summed E-state index contributed by atoms with van der Waals surface area (Å²) < 4.78 is 0. The highest BCUT2D eigenvalue weighted by atomic mass is 35.5. The van der Waals surface area contributed by atoms with Crippen LogP contribution in [0.2, 0.25) is 5.02 Å². The first-order valence-corrected chi connectivity index (χ1v) is 12.3. The lowest BCUT2D eigenvalue weighted by molar-refractivity contribution is -0.138. The van der Waals surface area contributed by atoms with Gasteiger partial charge in [-0.2, -0.15) is 0 Å². The van der Waals surface area contributed by atoms with Crippen molar-refractivity contribution < 1.29 is 9.90 Å². The van der Waals surface area contributed by atoms with E-state index in [2.05, 4.69) is 53.8 Å². The lowest BCUT2D eigenvalue weighted by Crippen LogP contribution is -2.29. The molecule has 5 nitrogen and oxygen atoms in total. The predicted molar refractivity (Wildman–Crippen MR) is 139 cm³/mol. The molecule has 0 spiro atoms. The highest BCUT2D eigenvalue weighted by Crippen LogP contribution is 2.25. The van der Waals surface area contributed by atoms with Gasteiger partial charge in [-0.15, -0.1) is 11.3 Å². The van der Waals surface area contributed by atoms with Crippen molar-refractivity contribution in [3.63, 3.8) is 0 Å². The van der Waals surface area contributed by atoms with E-state index in [4.69, 9.17) is 16.6 Å². The summed E-state index contributed by atoms with van der Waals surface area (Å²) in [5, 5.41) is 16.3. The van der Waals surface area contributed by atoms with Crippen molar-refractivity contribution in [1.82, 2.24) is 9.88 Å². The maximum atomic E-state index is 11.4. The summed E-state index contributed by atoms with van der Waals surface area (Å²) in [4.78, 5) is 18.0. The van der Waals surface area contributed by atoms with E-state index in [0.717, 1.165) is 40.5 Å². The maximum absolute atomic E-state index is 11.4. The molecule has 2 N–H and O–H groups in total. The van der Waals surface area contributed by atoms with Crippen molar-refractivity contribution in [1.29, 1.82) is 0 Å². The molecule has 4 aromatic rings. The molecule has 0 unspecified atom stereocenters. The fourth-order valence-corrected chi connectivity index (χ4v) is 4.73.